The van der Waals surface area contributed by atoms with Gasteiger partial charge in [-0.05, 0) is 24.1 Å². The number of thioether (sulfide) groups is 1. The third kappa shape index (κ3) is 5.09. The number of phenolic OH excluding ortho intramolecular Hbond substituents is 1. The predicted molar refractivity (Wildman–Crippen MR) is 121 cm³/mol. The summed E-state index contributed by atoms with van der Waals surface area (Å²) >= 11 is 2.65. The van der Waals surface area contributed by atoms with Gasteiger partial charge in [0.25, 0.3) is 0 Å². The number of hydrogen-bond donors (Lipinski definition) is 2. The van der Waals surface area contributed by atoms with Gasteiger partial charge in [-0.1, -0.05) is 72.5 Å². The molecule has 10 heteroatoms. The van der Waals surface area contributed by atoms with E-state index in [-0.39, 0.29) is 17.4 Å². The van der Waals surface area contributed by atoms with Crippen molar-refractivity contribution in [1.82, 2.24) is 25.0 Å². The Balaban J connectivity index is 1.55. The summed E-state index contributed by atoms with van der Waals surface area (Å²) in [6.07, 6.45) is 0.778. The van der Waals surface area contributed by atoms with Crippen LogP contribution in [-0.2, 0) is 17.8 Å². The summed E-state index contributed by atoms with van der Waals surface area (Å²) in [6.45, 7) is 2.50. The Bertz CT molecular complexity index is 1180. The molecular weight excluding hydrogens is 432 g/mol. The lowest BCUT2D eigenvalue weighted by molar-refractivity contribution is -0.113. The van der Waals surface area contributed by atoms with E-state index in [0.717, 1.165) is 17.0 Å². The number of aromatic nitrogens is 5. The number of nitrogens with zero attached hydrogens (tertiary/aromatic N) is 5. The van der Waals surface area contributed by atoms with Crippen LogP contribution in [0, 0.1) is 0 Å². The summed E-state index contributed by atoms with van der Waals surface area (Å²) in [5.74, 6) is 0.625. The molecule has 0 saturated heterocycles. The van der Waals surface area contributed by atoms with Crippen LogP contribution >= 0.6 is 23.1 Å². The molecule has 0 aliphatic carbocycles. The van der Waals surface area contributed by atoms with E-state index in [4.69, 9.17) is 0 Å². The molecule has 2 heterocycles. The number of aryl methyl sites for hydroxylation is 1. The normalized spacial score (nSPS) is 10.9. The largest absolute Gasteiger partial charge is 0.507 e. The van der Waals surface area contributed by atoms with E-state index < -0.39 is 0 Å². The average molecular weight is 453 g/mol. The van der Waals surface area contributed by atoms with Crippen molar-refractivity contribution in [3.63, 3.8) is 0 Å². The number of hydrogen-bond acceptors (Lipinski definition) is 8. The van der Waals surface area contributed by atoms with Gasteiger partial charge in [0, 0.05) is 0 Å². The number of nitrogens with one attached hydrogen (secondary N) is 1. The van der Waals surface area contributed by atoms with Crippen molar-refractivity contribution in [2.24, 2.45) is 0 Å². The van der Waals surface area contributed by atoms with Crippen molar-refractivity contribution in [3.8, 4) is 17.1 Å². The Kier molecular flexibility index (Phi) is 6.58. The molecule has 0 aliphatic rings. The van der Waals surface area contributed by atoms with E-state index in [1.807, 2.05) is 47.9 Å². The van der Waals surface area contributed by atoms with Gasteiger partial charge in [0.15, 0.2) is 11.0 Å². The molecule has 0 fully saturated rings. The molecule has 1 amide bonds. The van der Waals surface area contributed by atoms with Crippen molar-refractivity contribution >= 4 is 34.1 Å². The Morgan fingerprint density at radius 2 is 1.84 bits per heavy atom. The summed E-state index contributed by atoms with van der Waals surface area (Å²) < 4.78 is 1.91. The summed E-state index contributed by atoms with van der Waals surface area (Å²) in [4.78, 5) is 12.4. The highest BCUT2D eigenvalue weighted by Gasteiger charge is 2.18. The van der Waals surface area contributed by atoms with Gasteiger partial charge in [0.1, 0.15) is 10.8 Å². The number of anilines is 1. The van der Waals surface area contributed by atoms with E-state index in [9.17, 15) is 9.90 Å². The molecule has 2 N–H and O–H groups in total. The van der Waals surface area contributed by atoms with Gasteiger partial charge in [-0.2, -0.15) is 0 Å². The van der Waals surface area contributed by atoms with Crippen molar-refractivity contribution in [2.45, 2.75) is 25.0 Å². The second-order valence-electron chi connectivity index (χ2n) is 6.59. The lowest BCUT2D eigenvalue weighted by Gasteiger charge is -2.11. The number of amides is 1. The Morgan fingerprint density at radius 3 is 2.58 bits per heavy atom. The monoisotopic (exact) mass is 452 g/mol. The standard InChI is InChI=1S/C21H20N6O2S2/c1-2-18-23-25-20(31-18)22-17(29)13-30-21-26-24-19(15-10-6-7-11-16(15)28)27(21)12-14-8-4-3-5-9-14/h3-11,28H,2,12-13H2,1H3,(H,22,25,29). The number of para-hydroxylation sites is 1. The molecule has 2 aromatic carbocycles. The highest BCUT2D eigenvalue weighted by Crippen LogP contribution is 2.31. The van der Waals surface area contributed by atoms with E-state index >= 15 is 0 Å². The van der Waals surface area contributed by atoms with Gasteiger partial charge in [-0.15, -0.1) is 20.4 Å². The molecule has 0 atom stereocenters. The predicted octanol–water partition coefficient (Wildman–Crippen LogP) is 3.84. The van der Waals surface area contributed by atoms with Crippen LogP contribution in [0.3, 0.4) is 0 Å². The molecule has 0 radical (unpaired) electrons. The Morgan fingerprint density at radius 1 is 1.06 bits per heavy atom. The van der Waals surface area contributed by atoms with Crippen LogP contribution in [0.4, 0.5) is 5.13 Å². The van der Waals surface area contributed by atoms with Crippen molar-refractivity contribution < 1.29 is 9.90 Å². The molecule has 0 spiro atoms. The SMILES string of the molecule is CCc1nnc(NC(=O)CSc2nnc(-c3ccccc3O)n2Cc2ccccc2)s1. The zero-order valence-corrected chi connectivity index (χ0v) is 18.4. The first-order valence-corrected chi connectivity index (χ1v) is 11.4. The van der Waals surface area contributed by atoms with E-state index in [0.29, 0.717) is 28.2 Å². The fourth-order valence-electron chi connectivity index (χ4n) is 2.90. The molecule has 2 aromatic heterocycles. The minimum atomic E-state index is -0.192. The lowest BCUT2D eigenvalue weighted by Crippen LogP contribution is -2.14. The van der Waals surface area contributed by atoms with E-state index in [1.165, 1.54) is 23.1 Å². The van der Waals surface area contributed by atoms with Gasteiger partial charge in [0.05, 0.1) is 17.9 Å². The number of aromatic hydroxyl groups is 1. The molecule has 31 heavy (non-hydrogen) atoms. The second kappa shape index (κ2) is 9.71. The van der Waals surface area contributed by atoms with Crippen molar-refractivity contribution in [3.05, 3.63) is 65.2 Å². The van der Waals surface area contributed by atoms with Gasteiger partial charge in [0.2, 0.25) is 11.0 Å². The van der Waals surface area contributed by atoms with Crippen LogP contribution in [0.1, 0.15) is 17.5 Å². The molecule has 4 rings (SSSR count). The summed E-state index contributed by atoms with van der Waals surface area (Å²) in [5, 5.41) is 31.6. The molecule has 8 nitrogen and oxygen atoms in total. The minimum absolute atomic E-state index is 0.126. The number of benzene rings is 2. The quantitative estimate of drug-likeness (QED) is 0.391. The molecule has 0 saturated carbocycles. The first kappa shape index (κ1) is 21.0. The van der Waals surface area contributed by atoms with E-state index in [2.05, 4.69) is 25.7 Å². The second-order valence-corrected chi connectivity index (χ2v) is 8.59. The first-order valence-electron chi connectivity index (χ1n) is 9.64. The highest BCUT2D eigenvalue weighted by molar-refractivity contribution is 7.99. The smallest absolute Gasteiger partial charge is 0.236 e. The maximum absolute atomic E-state index is 12.4. The fourth-order valence-corrected chi connectivity index (χ4v) is 4.33. The fraction of sp³-hybridized carbons (Fsp3) is 0.190. The number of carbonyl (C=O) groups excluding carboxylic acids is 1. The van der Waals surface area contributed by atoms with Crippen LogP contribution in [-0.4, -0.2) is 41.7 Å². The molecule has 0 aliphatic heterocycles. The van der Waals surface area contributed by atoms with Crippen LogP contribution in [0.15, 0.2) is 59.8 Å². The van der Waals surface area contributed by atoms with Crippen molar-refractivity contribution in [1.29, 1.82) is 0 Å². The highest BCUT2D eigenvalue weighted by atomic mass is 32.2. The zero-order valence-electron chi connectivity index (χ0n) is 16.7. The van der Waals surface area contributed by atoms with Crippen molar-refractivity contribution in [2.75, 3.05) is 11.1 Å². The lowest BCUT2D eigenvalue weighted by atomic mass is 10.1. The van der Waals surface area contributed by atoms with Crippen LogP contribution < -0.4 is 5.32 Å². The van der Waals surface area contributed by atoms with Gasteiger partial charge < -0.3 is 5.11 Å². The molecule has 158 valence electrons. The molecule has 4 aromatic rings. The van der Waals surface area contributed by atoms with Crippen LogP contribution in [0.25, 0.3) is 11.4 Å². The summed E-state index contributed by atoms with van der Waals surface area (Å²) in [6, 6.07) is 16.9. The molecular formula is C21H20N6O2S2. The Labute approximate surface area is 187 Å². The molecule has 0 unspecified atom stereocenters. The van der Waals surface area contributed by atoms with Gasteiger partial charge in [-0.25, -0.2) is 0 Å². The van der Waals surface area contributed by atoms with Gasteiger partial charge in [-0.3, -0.25) is 14.7 Å². The average Bonchev–Trinajstić information content (AvgIpc) is 3.40. The van der Waals surface area contributed by atoms with Gasteiger partial charge >= 0.3 is 0 Å². The number of carbonyl (C=O) groups is 1. The summed E-state index contributed by atoms with van der Waals surface area (Å²) in [5.41, 5.74) is 1.65. The summed E-state index contributed by atoms with van der Waals surface area (Å²) in [7, 11) is 0. The van der Waals surface area contributed by atoms with Crippen LogP contribution in [0.5, 0.6) is 5.75 Å². The Hall–Kier alpha value is -3.24. The first-order chi connectivity index (χ1) is 15.1. The van der Waals surface area contributed by atoms with E-state index in [1.54, 1.807) is 18.2 Å². The topological polar surface area (TPSA) is 106 Å². The maximum atomic E-state index is 12.4. The zero-order chi connectivity index (χ0) is 21.6. The number of phenols is 1. The minimum Gasteiger partial charge on any atom is -0.507 e. The van der Waals surface area contributed by atoms with Crippen LogP contribution in [0.2, 0.25) is 0 Å². The molecule has 0 bridgehead atoms. The third-order valence-electron chi connectivity index (χ3n) is 4.39. The number of rotatable bonds is 8. The third-order valence-corrected chi connectivity index (χ3v) is 6.34. The maximum Gasteiger partial charge on any atom is 0.236 e.